The van der Waals surface area contributed by atoms with Gasteiger partial charge in [-0.25, -0.2) is 0 Å². The van der Waals surface area contributed by atoms with Gasteiger partial charge in [0.15, 0.2) is 0 Å². The highest BCUT2D eigenvalue weighted by molar-refractivity contribution is 5.21. The van der Waals surface area contributed by atoms with Crippen LogP contribution in [-0.4, -0.2) is 6.54 Å². The molecule has 2 N–H and O–H groups in total. The molecule has 0 aliphatic heterocycles. The molecule has 0 saturated heterocycles. The lowest BCUT2D eigenvalue weighted by Crippen LogP contribution is -2.17. The van der Waals surface area contributed by atoms with Crippen LogP contribution >= 0.6 is 0 Å². The first-order chi connectivity index (χ1) is 8.11. The van der Waals surface area contributed by atoms with Gasteiger partial charge in [-0.1, -0.05) is 56.5 Å². The molecule has 0 spiro atoms. The summed E-state index contributed by atoms with van der Waals surface area (Å²) in [6.45, 7) is 7.52. The summed E-state index contributed by atoms with van der Waals surface area (Å²) < 4.78 is 0. The van der Waals surface area contributed by atoms with Crippen molar-refractivity contribution in [3.05, 3.63) is 35.4 Å². The van der Waals surface area contributed by atoms with Gasteiger partial charge in [-0.3, -0.25) is 0 Å². The molecule has 17 heavy (non-hydrogen) atoms. The molecule has 0 fully saturated rings. The van der Waals surface area contributed by atoms with E-state index in [1.165, 1.54) is 30.4 Å². The SMILES string of the molecule is Cc1ccc(CC(CN)CCCC(C)C)cc1. The Morgan fingerprint density at radius 1 is 1.06 bits per heavy atom. The van der Waals surface area contributed by atoms with Crippen LogP contribution in [0.15, 0.2) is 24.3 Å². The number of aryl methyl sites for hydroxylation is 1. The molecule has 0 aliphatic rings. The van der Waals surface area contributed by atoms with Crippen LogP contribution in [0.3, 0.4) is 0 Å². The smallest absolute Gasteiger partial charge is 0.00457 e. The minimum Gasteiger partial charge on any atom is -0.330 e. The molecule has 1 nitrogen and oxygen atoms in total. The first-order valence-corrected chi connectivity index (χ1v) is 6.87. The maximum atomic E-state index is 5.87. The molecular formula is C16H27N. The molecule has 0 saturated carbocycles. The number of nitrogens with two attached hydrogens (primary N) is 1. The van der Waals surface area contributed by atoms with E-state index in [0.717, 1.165) is 18.9 Å². The summed E-state index contributed by atoms with van der Waals surface area (Å²) in [7, 11) is 0. The standard InChI is InChI=1S/C16H27N/c1-13(2)5-4-6-16(12-17)11-15-9-7-14(3)8-10-15/h7-10,13,16H,4-6,11-12,17H2,1-3H3. The monoisotopic (exact) mass is 233 g/mol. The quantitative estimate of drug-likeness (QED) is 0.758. The van der Waals surface area contributed by atoms with Crippen LogP contribution in [0.5, 0.6) is 0 Å². The van der Waals surface area contributed by atoms with E-state index < -0.39 is 0 Å². The van der Waals surface area contributed by atoms with Gasteiger partial charge in [0.05, 0.1) is 0 Å². The summed E-state index contributed by atoms with van der Waals surface area (Å²) >= 11 is 0. The molecule has 0 radical (unpaired) electrons. The van der Waals surface area contributed by atoms with Crippen LogP contribution in [0.2, 0.25) is 0 Å². The van der Waals surface area contributed by atoms with E-state index in [1.54, 1.807) is 0 Å². The van der Waals surface area contributed by atoms with Gasteiger partial charge in [-0.05, 0) is 43.7 Å². The average Bonchev–Trinajstić information content (AvgIpc) is 2.30. The number of hydrogen-bond acceptors (Lipinski definition) is 1. The minimum absolute atomic E-state index is 0.649. The van der Waals surface area contributed by atoms with Gasteiger partial charge in [0.25, 0.3) is 0 Å². The van der Waals surface area contributed by atoms with Crippen LogP contribution in [0, 0.1) is 18.8 Å². The highest BCUT2D eigenvalue weighted by Crippen LogP contribution is 2.17. The second-order valence-electron chi connectivity index (χ2n) is 5.62. The van der Waals surface area contributed by atoms with Crippen LogP contribution in [0.25, 0.3) is 0 Å². The van der Waals surface area contributed by atoms with Crippen molar-refractivity contribution >= 4 is 0 Å². The largest absolute Gasteiger partial charge is 0.330 e. The molecule has 96 valence electrons. The first kappa shape index (κ1) is 14.2. The van der Waals surface area contributed by atoms with Crippen LogP contribution in [0.1, 0.15) is 44.2 Å². The van der Waals surface area contributed by atoms with Crippen LogP contribution < -0.4 is 5.73 Å². The van der Waals surface area contributed by atoms with E-state index in [0.29, 0.717) is 5.92 Å². The van der Waals surface area contributed by atoms with Gasteiger partial charge in [-0.15, -0.1) is 0 Å². The van der Waals surface area contributed by atoms with Crippen molar-refractivity contribution in [2.24, 2.45) is 17.6 Å². The predicted molar refractivity (Wildman–Crippen MR) is 76.1 cm³/mol. The van der Waals surface area contributed by atoms with E-state index in [-0.39, 0.29) is 0 Å². The second-order valence-corrected chi connectivity index (χ2v) is 5.62. The van der Waals surface area contributed by atoms with Gasteiger partial charge >= 0.3 is 0 Å². The number of hydrogen-bond donors (Lipinski definition) is 1. The Labute approximate surface area is 106 Å². The van der Waals surface area contributed by atoms with E-state index >= 15 is 0 Å². The van der Waals surface area contributed by atoms with E-state index in [1.807, 2.05) is 0 Å². The second kappa shape index (κ2) is 7.50. The summed E-state index contributed by atoms with van der Waals surface area (Å²) in [5.41, 5.74) is 8.63. The number of rotatable bonds is 7. The molecule has 0 bridgehead atoms. The Morgan fingerprint density at radius 2 is 1.71 bits per heavy atom. The Morgan fingerprint density at radius 3 is 2.24 bits per heavy atom. The van der Waals surface area contributed by atoms with Gasteiger partial charge in [0, 0.05) is 0 Å². The third kappa shape index (κ3) is 5.88. The molecule has 1 aromatic rings. The van der Waals surface area contributed by atoms with E-state index in [2.05, 4.69) is 45.0 Å². The average molecular weight is 233 g/mol. The Hall–Kier alpha value is -0.820. The van der Waals surface area contributed by atoms with Crippen LogP contribution in [0.4, 0.5) is 0 Å². The lowest BCUT2D eigenvalue weighted by atomic mass is 9.92. The molecular weight excluding hydrogens is 206 g/mol. The third-order valence-corrected chi connectivity index (χ3v) is 3.37. The van der Waals surface area contributed by atoms with Crippen molar-refractivity contribution in [3.63, 3.8) is 0 Å². The molecule has 0 aliphatic carbocycles. The fourth-order valence-electron chi connectivity index (χ4n) is 2.18. The Kier molecular flexibility index (Phi) is 6.28. The summed E-state index contributed by atoms with van der Waals surface area (Å²) in [6, 6.07) is 8.86. The van der Waals surface area contributed by atoms with Crippen molar-refractivity contribution in [1.29, 1.82) is 0 Å². The zero-order valence-electron chi connectivity index (χ0n) is 11.6. The van der Waals surface area contributed by atoms with Crippen molar-refractivity contribution in [2.45, 2.75) is 46.5 Å². The van der Waals surface area contributed by atoms with E-state index in [4.69, 9.17) is 5.73 Å². The molecule has 0 heterocycles. The van der Waals surface area contributed by atoms with Crippen molar-refractivity contribution in [3.8, 4) is 0 Å². The minimum atomic E-state index is 0.649. The molecule has 1 heteroatoms. The predicted octanol–water partition coefficient (Wildman–Crippen LogP) is 3.94. The molecule has 1 aromatic carbocycles. The summed E-state index contributed by atoms with van der Waals surface area (Å²) in [6.07, 6.45) is 5.03. The van der Waals surface area contributed by atoms with Gasteiger partial charge < -0.3 is 5.73 Å². The van der Waals surface area contributed by atoms with Gasteiger partial charge in [-0.2, -0.15) is 0 Å². The van der Waals surface area contributed by atoms with Gasteiger partial charge in [0.2, 0.25) is 0 Å². The normalized spacial score (nSPS) is 13.0. The maximum Gasteiger partial charge on any atom is -0.00457 e. The highest BCUT2D eigenvalue weighted by atomic mass is 14.5. The Balaban J connectivity index is 2.38. The first-order valence-electron chi connectivity index (χ1n) is 6.87. The number of benzene rings is 1. The highest BCUT2D eigenvalue weighted by Gasteiger charge is 2.08. The fourth-order valence-corrected chi connectivity index (χ4v) is 2.18. The summed E-state index contributed by atoms with van der Waals surface area (Å²) in [5.74, 6) is 1.46. The lowest BCUT2D eigenvalue weighted by Gasteiger charge is -2.15. The zero-order chi connectivity index (χ0) is 12.7. The van der Waals surface area contributed by atoms with Crippen molar-refractivity contribution in [2.75, 3.05) is 6.54 Å². The molecule has 1 unspecified atom stereocenters. The van der Waals surface area contributed by atoms with E-state index in [9.17, 15) is 0 Å². The Bertz CT molecular complexity index is 300. The lowest BCUT2D eigenvalue weighted by molar-refractivity contribution is 0.436. The van der Waals surface area contributed by atoms with Crippen molar-refractivity contribution in [1.82, 2.24) is 0 Å². The summed E-state index contributed by atoms with van der Waals surface area (Å²) in [4.78, 5) is 0. The topological polar surface area (TPSA) is 26.0 Å². The molecule has 1 rings (SSSR count). The maximum absolute atomic E-state index is 5.87. The molecule has 1 atom stereocenters. The third-order valence-electron chi connectivity index (χ3n) is 3.37. The molecule has 0 aromatic heterocycles. The van der Waals surface area contributed by atoms with Gasteiger partial charge in [0.1, 0.15) is 0 Å². The molecule has 0 amide bonds. The van der Waals surface area contributed by atoms with Crippen LogP contribution in [-0.2, 0) is 6.42 Å². The summed E-state index contributed by atoms with van der Waals surface area (Å²) in [5, 5.41) is 0. The fraction of sp³-hybridized carbons (Fsp3) is 0.625. The zero-order valence-corrected chi connectivity index (χ0v) is 11.6. The van der Waals surface area contributed by atoms with Crippen molar-refractivity contribution < 1.29 is 0 Å².